The summed E-state index contributed by atoms with van der Waals surface area (Å²) in [4.78, 5) is 11.2. The zero-order valence-electron chi connectivity index (χ0n) is 10.1. The van der Waals surface area contributed by atoms with Gasteiger partial charge in [0, 0.05) is 37.1 Å². The predicted octanol–water partition coefficient (Wildman–Crippen LogP) is 1.57. The zero-order valence-corrected chi connectivity index (χ0v) is 10.1. The van der Waals surface area contributed by atoms with Gasteiger partial charge in [0.25, 0.3) is 0 Å². The summed E-state index contributed by atoms with van der Waals surface area (Å²) in [6, 6.07) is 0.573. The lowest BCUT2D eigenvalue weighted by Crippen LogP contribution is -2.38. The molecule has 1 unspecified atom stereocenters. The first-order chi connectivity index (χ1) is 7.81. The number of nitrogens with zero attached hydrogens (tertiary/aromatic N) is 3. The number of nitrogens with one attached hydrogen (secondary N) is 1. The molecule has 0 saturated carbocycles. The number of rotatable bonds is 3. The third-order valence-corrected chi connectivity index (χ3v) is 3.13. The molecule has 4 heteroatoms. The fraction of sp³-hybridized carbons (Fsp3) is 0.667. The summed E-state index contributed by atoms with van der Waals surface area (Å²) in [5.41, 5.74) is 1.14. The Hall–Kier alpha value is -1.16. The summed E-state index contributed by atoms with van der Waals surface area (Å²) in [6.45, 7) is 4.17. The quantitative estimate of drug-likeness (QED) is 0.839. The molecule has 1 saturated heterocycles. The summed E-state index contributed by atoms with van der Waals surface area (Å²) in [5.74, 6) is 0.882. The van der Waals surface area contributed by atoms with Gasteiger partial charge in [0.05, 0.1) is 0 Å². The highest BCUT2D eigenvalue weighted by Crippen LogP contribution is 2.20. The van der Waals surface area contributed by atoms with Gasteiger partial charge in [0.2, 0.25) is 5.95 Å². The van der Waals surface area contributed by atoms with Crippen molar-refractivity contribution in [3.63, 3.8) is 0 Å². The van der Waals surface area contributed by atoms with Crippen molar-refractivity contribution in [2.24, 2.45) is 0 Å². The summed E-state index contributed by atoms with van der Waals surface area (Å²) >= 11 is 0. The van der Waals surface area contributed by atoms with Crippen LogP contribution >= 0.6 is 0 Å². The topological polar surface area (TPSA) is 41.1 Å². The molecule has 16 heavy (non-hydrogen) atoms. The Morgan fingerprint density at radius 3 is 2.75 bits per heavy atom. The van der Waals surface area contributed by atoms with Gasteiger partial charge in [0.1, 0.15) is 0 Å². The fourth-order valence-electron chi connectivity index (χ4n) is 2.19. The highest BCUT2D eigenvalue weighted by molar-refractivity contribution is 5.32. The van der Waals surface area contributed by atoms with Crippen LogP contribution in [-0.2, 0) is 6.54 Å². The molecule has 1 atom stereocenters. The van der Waals surface area contributed by atoms with Crippen LogP contribution in [0.15, 0.2) is 12.4 Å². The van der Waals surface area contributed by atoms with Crippen molar-refractivity contribution in [1.29, 1.82) is 0 Å². The Balaban J connectivity index is 2.08. The third-order valence-electron chi connectivity index (χ3n) is 3.13. The average Bonchev–Trinajstić information content (AvgIpc) is 2.31. The van der Waals surface area contributed by atoms with Crippen molar-refractivity contribution in [1.82, 2.24) is 15.3 Å². The van der Waals surface area contributed by atoms with Crippen molar-refractivity contribution in [2.45, 2.75) is 38.8 Å². The van der Waals surface area contributed by atoms with Crippen molar-refractivity contribution in [3.8, 4) is 0 Å². The van der Waals surface area contributed by atoms with Gasteiger partial charge in [0.15, 0.2) is 0 Å². The molecule has 1 aliphatic rings. The smallest absolute Gasteiger partial charge is 0.225 e. The molecule has 0 aliphatic carbocycles. The van der Waals surface area contributed by atoms with Gasteiger partial charge >= 0.3 is 0 Å². The van der Waals surface area contributed by atoms with Crippen LogP contribution < -0.4 is 10.2 Å². The van der Waals surface area contributed by atoms with E-state index in [-0.39, 0.29) is 0 Å². The van der Waals surface area contributed by atoms with Gasteiger partial charge in [-0.05, 0) is 33.2 Å². The van der Waals surface area contributed by atoms with Crippen molar-refractivity contribution >= 4 is 5.95 Å². The van der Waals surface area contributed by atoms with E-state index in [0.717, 1.165) is 24.6 Å². The molecule has 1 aromatic rings. The Labute approximate surface area is 97.1 Å². The molecule has 4 nitrogen and oxygen atoms in total. The minimum atomic E-state index is 0.573. The summed E-state index contributed by atoms with van der Waals surface area (Å²) in [7, 11) is 1.93. The van der Waals surface area contributed by atoms with Crippen LogP contribution in [0.2, 0.25) is 0 Å². The molecule has 2 heterocycles. The number of hydrogen-bond donors (Lipinski definition) is 1. The number of piperidine rings is 1. The summed E-state index contributed by atoms with van der Waals surface area (Å²) in [6.07, 6.45) is 7.67. The van der Waals surface area contributed by atoms with Crippen molar-refractivity contribution < 1.29 is 0 Å². The Morgan fingerprint density at radius 2 is 2.12 bits per heavy atom. The maximum absolute atomic E-state index is 4.45. The van der Waals surface area contributed by atoms with Crippen LogP contribution in [-0.4, -0.2) is 29.6 Å². The first-order valence-corrected chi connectivity index (χ1v) is 6.03. The second-order valence-electron chi connectivity index (χ2n) is 4.46. The second kappa shape index (κ2) is 5.25. The van der Waals surface area contributed by atoms with Crippen LogP contribution in [0.25, 0.3) is 0 Å². The number of anilines is 1. The highest BCUT2D eigenvalue weighted by Gasteiger charge is 2.20. The maximum Gasteiger partial charge on any atom is 0.225 e. The molecule has 0 amide bonds. The van der Waals surface area contributed by atoms with Crippen molar-refractivity contribution in [2.75, 3.05) is 18.5 Å². The zero-order chi connectivity index (χ0) is 11.4. The van der Waals surface area contributed by atoms with E-state index in [1.807, 2.05) is 19.4 Å². The Bertz CT molecular complexity index is 322. The molecule has 1 aliphatic heterocycles. The van der Waals surface area contributed by atoms with E-state index in [2.05, 4.69) is 27.1 Å². The van der Waals surface area contributed by atoms with E-state index >= 15 is 0 Å². The molecule has 0 spiro atoms. The number of hydrogen-bond acceptors (Lipinski definition) is 4. The lowest BCUT2D eigenvalue weighted by molar-refractivity contribution is 0.477. The lowest BCUT2D eigenvalue weighted by Gasteiger charge is -2.33. The summed E-state index contributed by atoms with van der Waals surface area (Å²) < 4.78 is 0. The molecule has 0 aromatic carbocycles. The normalized spacial score (nSPS) is 21.1. The monoisotopic (exact) mass is 220 g/mol. The second-order valence-corrected chi connectivity index (χ2v) is 4.46. The standard InChI is InChI=1S/C12H20N4/c1-10-5-3-4-6-16(10)12-14-8-11(7-13-2)9-15-12/h8-10,13H,3-7H2,1-2H3. The largest absolute Gasteiger partial charge is 0.338 e. The molecular weight excluding hydrogens is 200 g/mol. The maximum atomic E-state index is 4.45. The highest BCUT2D eigenvalue weighted by atomic mass is 15.3. The van der Waals surface area contributed by atoms with Crippen LogP contribution in [0.4, 0.5) is 5.95 Å². The van der Waals surface area contributed by atoms with Gasteiger partial charge in [-0.15, -0.1) is 0 Å². The average molecular weight is 220 g/mol. The van der Waals surface area contributed by atoms with Gasteiger partial charge < -0.3 is 10.2 Å². The SMILES string of the molecule is CNCc1cnc(N2CCCCC2C)nc1. The van der Waals surface area contributed by atoms with Crippen LogP contribution in [0.1, 0.15) is 31.7 Å². The van der Waals surface area contributed by atoms with E-state index in [4.69, 9.17) is 0 Å². The Kier molecular flexibility index (Phi) is 3.72. The van der Waals surface area contributed by atoms with Crippen LogP contribution in [0.5, 0.6) is 0 Å². The van der Waals surface area contributed by atoms with Crippen LogP contribution in [0, 0.1) is 0 Å². The number of aromatic nitrogens is 2. The fourth-order valence-corrected chi connectivity index (χ4v) is 2.19. The predicted molar refractivity (Wildman–Crippen MR) is 65.5 cm³/mol. The first-order valence-electron chi connectivity index (χ1n) is 6.03. The van der Waals surface area contributed by atoms with E-state index in [9.17, 15) is 0 Å². The van der Waals surface area contributed by atoms with E-state index in [1.165, 1.54) is 19.3 Å². The molecule has 0 bridgehead atoms. The van der Waals surface area contributed by atoms with Crippen molar-refractivity contribution in [3.05, 3.63) is 18.0 Å². The molecule has 1 fully saturated rings. The minimum Gasteiger partial charge on any atom is -0.338 e. The molecule has 0 radical (unpaired) electrons. The van der Waals surface area contributed by atoms with Gasteiger partial charge in [-0.2, -0.15) is 0 Å². The van der Waals surface area contributed by atoms with Crippen LogP contribution in [0.3, 0.4) is 0 Å². The molecule has 1 aromatic heterocycles. The van der Waals surface area contributed by atoms with E-state index in [1.54, 1.807) is 0 Å². The van der Waals surface area contributed by atoms with Gasteiger partial charge in [-0.1, -0.05) is 0 Å². The van der Waals surface area contributed by atoms with Gasteiger partial charge in [-0.3, -0.25) is 0 Å². The first kappa shape index (κ1) is 11.3. The lowest BCUT2D eigenvalue weighted by atomic mass is 10.0. The molecule has 1 N–H and O–H groups in total. The van der Waals surface area contributed by atoms with E-state index < -0.39 is 0 Å². The van der Waals surface area contributed by atoms with Gasteiger partial charge in [-0.25, -0.2) is 9.97 Å². The Morgan fingerprint density at radius 1 is 1.38 bits per heavy atom. The minimum absolute atomic E-state index is 0.573. The summed E-state index contributed by atoms with van der Waals surface area (Å²) in [5, 5.41) is 3.10. The van der Waals surface area contributed by atoms with E-state index in [0.29, 0.717) is 6.04 Å². The third kappa shape index (κ3) is 2.50. The molecule has 88 valence electrons. The molecular formula is C12H20N4. The molecule has 2 rings (SSSR count).